The van der Waals surface area contributed by atoms with E-state index in [1.54, 1.807) is 0 Å². The Morgan fingerprint density at radius 2 is 1.75 bits per heavy atom. The van der Waals surface area contributed by atoms with Gasteiger partial charge in [-0.05, 0) is 12.1 Å². The highest BCUT2D eigenvalue weighted by atomic mass is 16.6. The van der Waals surface area contributed by atoms with Gasteiger partial charge >= 0.3 is 5.69 Å². The zero-order valence-electron chi connectivity index (χ0n) is 8.71. The largest absolute Gasteiger partial charge is 0.496 e. The highest BCUT2D eigenvalue weighted by Gasteiger charge is 2.28. The van der Waals surface area contributed by atoms with Crippen LogP contribution in [0, 0.1) is 10.1 Å². The van der Waals surface area contributed by atoms with E-state index in [-0.39, 0.29) is 17.1 Å². The van der Waals surface area contributed by atoms with Gasteiger partial charge in [0.15, 0.2) is 12.0 Å². The molecule has 16 heavy (non-hydrogen) atoms. The summed E-state index contributed by atoms with van der Waals surface area (Å²) >= 11 is 0. The zero-order valence-corrected chi connectivity index (χ0v) is 8.71. The second-order valence-corrected chi connectivity index (χ2v) is 2.86. The van der Waals surface area contributed by atoms with Crippen molar-refractivity contribution in [1.82, 2.24) is 0 Å². The number of nitrogens with zero attached hydrogens (tertiary/aromatic N) is 1. The van der Waals surface area contributed by atoms with Gasteiger partial charge in [-0.3, -0.25) is 10.1 Å². The van der Waals surface area contributed by atoms with Crippen molar-refractivity contribution in [3.63, 3.8) is 0 Å². The summed E-state index contributed by atoms with van der Waals surface area (Å²) in [6.07, 6.45) is -2.01. The number of nitro benzene ring substituents is 1. The zero-order chi connectivity index (χ0) is 12.3. The fourth-order valence-corrected chi connectivity index (χ4v) is 1.35. The summed E-state index contributed by atoms with van der Waals surface area (Å²) < 4.78 is 9.59. The van der Waals surface area contributed by atoms with Crippen LogP contribution in [0.15, 0.2) is 12.1 Å². The molecule has 0 amide bonds. The van der Waals surface area contributed by atoms with Crippen molar-refractivity contribution >= 4 is 5.69 Å². The number of methoxy groups -OCH3 is 2. The molecule has 0 unspecified atom stereocenters. The first kappa shape index (κ1) is 12.2. The molecule has 1 aromatic rings. The van der Waals surface area contributed by atoms with Crippen molar-refractivity contribution in [3.05, 3.63) is 27.8 Å². The first-order valence-electron chi connectivity index (χ1n) is 4.28. The molecule has 0 aliphatic heterocycles. The van der Waals surface area contributed by atoms with Gasteiger partial charge in [0.1, 0.15) is 11.3 Å². The molecule has 0 fully saturated rings. The third-order valence-electron chi connectivity index (χ3n) is 2.02. The maximum Gasteiger partial charge on any atom is 0.322 e. The average molecular weight is 229 g/mol. The molecule has 0 heterocycles. The Morgan fingerprint density at radius 3 is 2.12 bits per heavy atom. The molecule has 0 aliphatic rings. The van der Waals surface area contributed by atoms with Crippen LogP contribution in [-0.2, 0) is 0 Å². The number of hydrogen-bond acceptors (Lipinski definition) is 6. The third-order valence-corrected chi connectivity index (χ3v) is 2.02. The van der Waals surface area contributed by atoms with Crippen LogP contribution >= 0.6 is 0 Å². The second-order valence-electron chi connectivity index (χ2n) is 2.86. The minimum absolute atomic E-state index is 0.0162. The van der Waals surface area contributed by atoms with Gasteiger partial charge in [0.25, 0.3) is 0 Å². The van der Waals surface area contributed by atoms with Crippen molar-refractivity contribution < 1.29 is 24.6 Å². The lowest BCUT2D eigenvalue weighted by Crippen LogP contribution is -2.06. The number of ether oxygens (including phenoxy) is 2. The average Bonchev–Trinajstić information content (AvgIpc) is 2.26. The van der Waals surface area contributed by atoms with E-state index in [2.05, 4.69) is 0 Å². The third kappa shape index (κ3) is 2.05. The van der Waals surface area contributed by atoms with Crippen molar-refractivity contribution in [2.45, 2.75) is 6.29 Å². The Labute approximate surface area is 91.0 Å². The topological polar surface area (TPSA) is 102 Å². The van der Waals surface area contributed by atoms with E-state index in [0.717, 1.165) is 0 Å². The molecule has 0 aromatic heterocycles. The van der Waals surface area contributed by atoms with Crippen LogP contribution < -0.4 is 9.47 Å². The van der Waals surface area contributed by atoms with Gasteiger partial charge in [-0.15, -0.1) is 0 Å². The van der Waals surface area contributed by atoms with E-state index in [0.29, 0.717) is 0 Å². The summed E-state index contributed by atoms with van der Waals surface area (Å²) in [7, 11) is 2.53. The minimum atomic E-state index is -2.01. The number of nitro groups is 1. The molecule has 0 radical (unpaired) electrons. The van der Waals surface area contributed by atoms with Crippen LogP contribution in [-0.4, -0.2) is 29.4 Å². The molecule has 88 valence electrons. The first-order chi connectivity index (χ1) is 7.52. The molecule has 0 saturated heterocycles. The van der Waals surface area contributed by atoms with E-state index >= 15 is 0 Å². The van der Waals surface area contributed by atoms with Gasteiger partial charge in [-0.2, -0.15) is 0 Å². The van der Waals surface area contributed by atoms with Gasteiger partial charge in [0.2, 0.25) is 0 Å². The molecular formula is C9H11NO6. The quantitative estimate of drug-likeness (QED) is 0.445. The second kappa shape index (κ2) is 4.77. The van der Waals surface area contributed by atoms with Crippen molar-refractivity contribution in [2.24, 2.45) is 0 Å². The molecule has 1 rings (SSSR count). The predicted octanol–water partition coefficient (Wildman–Crippen LogP) is 0.595. The van der Waals surface area contributed by atoms with Crippen molar-refractivity contribution in [1.29, 1.82) is 0 Å². The number of hydrogen-bond donors (Lipinski definition) is 2. The Balaban J connectivity index is 3.53. The molecule has 2 N–H and O–H groups in total. The van der Waals surface area contributed by atoms with Crippen LogP contribution in [0.25, 0.3) is 0 Å². The smallest absolute Gasteiger partial charge is 0.322 e. The predicted molar refractivity (Wildman–Crippen MR) is 53.4 cm³/mol. The van der Waals surface area contributed by atoms with E-state index in [1.165, 1.54) is 26.4 Å². The highest BCUT2D eigenvalue weighted by molar-refractivity contribution is 5.59. The van der Waals surface area contributed by atoms with Crippen molar-refractivity contribution in [3.8, 4) is 11.5 Å². The van der Waals surface area contributed by atoms with Crippen LogP contribution in [0.4, 0.5) is 5.69 Å². The highest BCUT2D eigenvalue weighted by Crippen LogP contribution is 2.39. The standard InChI is InChI=1S/C9H11NO6/c1-15-5-3-4-6(16-2)8(10(13)14)7(5)9(11)12/h3-4,9,11-12H,1-2H3. The summed E-state index contributed by atoms with van der Waals surface area (Å²) in [5.74, 6) is -0.0450. The Hall–Kier alpha value is -1.86. The minimum Gasteiger partial charge on any atom is -0.496 e. The fraction of sp³-hybridized carbons (Fsp3) is 0.333. The number of aliphatic hydroxyl groups excluding tert-OH is 1. The summed E-state index contributed by atoms with van der Waals surface area (Å²) in [6, 6.07) is 2.68. The van der Waals surface area contributed by atoms with E-state index in [9.17, 15) is 10.1 Å². The maximum atomic E-state index is 10.8. The lowest BCUT2D eigenvalue weighted by molar-refractivity contribution is -0.387. The van der Waals surface area contributed by atoms with Crippen molar-refractivity contribution in [2.75, 3.05) is 14.2 Å². The monoisotopic (exact) mass is 229 g/mol. The van der Waals surface area contributed by atoms with Gasteiger partial charge in [0, 0.05) is 0 Å². The number of benzene rings is 1. The van der Waals surface area contributed by atoms with E-state index in [4.69, 9.17) is 19.7 Å². The van der Waals surface area contributed by atoms with E-state index in [1.807, 2.05) is 0 Å². The summed E-state index contributed by atoms with van der Waals surface area (Å²) in [5.41, 5.74) is -0.844. The van der Waals surface area contributed by atoms with Crippen LogP contribution in [0.3, 0.4) is 0 Å². The van der Waals surface area contributed by atoms with Gasteiger partial charge in [-0.25, -0.2) is 0 Å². The molecule has 0 bridgehead atoms. The Kier molecular flexibility index (Phi) is 3.64. The molecule has 0 aliphatic carbocycles. The lowest BCUT2D eigenvalue weighted by Gasteiger charge is -2.12. The Bertz CT molecular complexity index is 403. The fourth-order valence-electron chi connectivity index (χ4n) is 1.35. The molecule has 0 saturated carbocycles. The maximum absolute atomic E-state index is 10.8. The molecule has 7 nitrogen and oxygen atoms in total. The summed E-state index contributed by atoms with van der Waals surface area (Å²) in [5, 5.41) is 29.0. The van der Waals surface area contributed by atoms with Crippen LogP contribution in [0.5, 0.6) is 11.5 Å². The number of rotatable bonds is 4. The lowest BCUT2D eigenvalue weighted by atomic mass is 10.1. The summed E-state index contributed by atoms with van der Waals surface area (Å²) in [4.78, 5) is 10.1. The van der Waals surface area contributed by atoms with Crippen LogP contribution in [0.1, 0.15) is 11.9 Å². The van der Waals surface area contributed by atoms with Crippen LogP contribution in [0.2, 0.25) is 0 Å². The first-order valence-corrected chi connectivity index (χ1v) is 4.28. The molecule has 1 aromatic carbocycles. The van der Waals surface area contributed by atoms with E-state index < -0.39 is 16.9 Å². The molecule has 0 atom stereocenters. The normalized spacial score (nSPS) is 10.3. The van der Waals surface area contributed by atoms with Gasteiger partial charge < -0.3 is 19.7 Å². The summed E-state index contributed by atoms with van der Waals surface area (Å²) in [6.45, 7) is 0. The Morgan fingerprint density at radius 1 is 1.25 bits per heavy atom. The van der Waals surface area contributed by atoms with Gasteiger partial charge in [0.05, 0.1) is 19.1 Å². The molecular weight excluding hydrogens is 218 g/mol. The number of aliphatic hydroxyl groups is 2. The van der Waals surface area contributed by atoms with Gasteiger partial charge in [-0.1, -0.05) is 0 Å². The molecule has 7 heteroatoms. The SMILES string of the molecule is COc1ccc(OC)c([N+](=O)[O-])c1C(O)O. The molecule has 0 spiro atoms.